The maximum absolute atomic E-state index is 11.5. The molecule has 0 aromatic carbocycles. The van der Waals surface area contributed by atoms with E-state index >= 15 is 0 Å². The molecule has 14 heavy (non-hydrogen) atoms. The third-order valence-corrected chi connectivity index (χ3v) is 2.51. The van der Waals surface area contributed by atoms with Gasteiger partial charge < -0.3 is 10.1 Å². The van der Waals surface area contributed by atoms with E-state index in [2.05, 4.69) is 11.4 Å². The number of rotatable bonds is 5. The number of ether oxygens (including phenoxy) is 1. The standard InChI is InChI=1S/C10H18N2O2/c1-5-10(6-2,7-11)12-9(13)8(3)14-4/h8H,5-6H2,1-4H3,(H,12,13). The van der Waals surface area contributed by atoms with Crippen molar-refractivity contribution in [3.8, 4) is 6.07 Å². The molecule has 0 aliphatic rings. The van der Waals surface area contributed by atoms with Crippen LogP contribution in [-0.4, -0.2) is 24.7 Å². The van der Waals surface area contributed by atoms with Crippen molar-refractivity contribution in [3.63, 3.8) is 0 Å². The Morgan fingerprint density at radius 1 is 1.57 bits per heavy atom. The second-order valence-corrected chi connectivity index (χ2v) is 3.27. The molecule has 0 aliphatic carbocycles. The lowest BCUT2D eigenvalue weighted by Gasteiger charge is -2.26. The molecule has 0 saturated heterocycles. The van der Waals surface area contributed by atoms with Gasteiger partial charge in [-0.05, 0) is 19.8 Å². The van der Waals surface area contributed by atoms with Crippen LogP contribution in [0.15, 0.2) is 0 Å². The summed E-state index contributed by atoms with van der Waals surface area (Å²) in [5.74, 6) is -0.238. The lowest BCUT2D eigenvalue weighted by atomic mass is 9.94. The molecule has 0 heterocycles. The summed E-state index contributed by atoms with van der Waals surface area (Å²) in [7, 11) is 1.47. The topological polar surface area (TPSA) is 62.1 Å². The number of carbonyl (C=O) groups is 1. The first-order valence-electron chi connectivity index (χ1n) is 4.81. The van der Waals surface area contributed by atoms with Crippen LogP contribution in [0.25, 0.3) is 0 Å². The zero-order valence-electron chi connectivity index (χ0n) is 9.26. The first-order chi connectivity index (χ1) is 6.55. The van der Waals surface area contributed by atoms with E-state index < -0.39 is 11.6 Å². The highest BCUT2D eigenvalue weighted by Gasteiger charge is 2.29. The number of hydrogen-bond donors (Lipinski definition) is 1. The van der Waals surface area contributed by atoms with Crippen LogP contribution in [0.3, 0.4) is 0 Å². The van der Waals surface area contributed by atoms with Gasteiger partial charge in [0.1, 0.15) is 11.6 Å². The van der Waals surface area contributed by atoms with Crippen LogP contribution in [-0.2, 0) is 9.53 Å². The molecule has 0 fully saturated rings. The first kappa shape index (κ1) is 12.9. The zero-order chi connectivity index (χ0) is 11.2. The van der Waals surface area contributed by atoms with E-state index in [0.717, 1.165) is 0 Å². The zero-order valence-corrected chi connectivity index (χ0v) is 9.26. The van der Waals surface area contributed by atoms with Gasteiger partial charge in [-0.3, -0.25) is 4.79 Å². The fourth-order valence-electron chi connectivity index (χ4n) is 1.06. The molecule has 1 N–H and O–H groups in total. The van der Waals surface area contributed by atoms with Gasteiger partial charge in [0.2, 0.25) is 5.91 Å². The molecule has 0 aromatic heterocycles. The average Bonchev–Trinajstić information content (AvgIpc) is 2.24. The maximum Gasteiger partial charge on any atom is 0.250 e. The SMILES string of the molecule is CCC(C#N)(CC)NC(=O)C(C)OC. The summed E-state index contributed by atoms with van der Waals surface area (Å²) in [6.45, 7) is 5.41. The Morgan fingerprint density at radius 2 is 2.07 bits per heavy atom. The molecule has 0 spiro atoms. The molecule has 1 amide bonds. The van der Waals surface area contributed by atoms with Crippen molar-refractivity contribution in [1.82, 2.24) is 5.32 Å². The Bertz CT molecular complexity index is 229. The normalized spacial score (nSPS) is 13.1. The van der Waals surface area contributed by atoms with Crippen molar-refractivity contribution in [1.29, 1.82) is 5.26 Å². The van der Waals surface area contributed by atoms with Gasteiger partial charge in [0.15, 0.2) is 0 Å². The number of nitrogens with one attached hydrogen (secondary N) is 1. The average molecular weight is 198 g/mol. The van der Waals surface area contributed by atoms with Crippen molar-refractivity contribution in [2.75, 3.05) is 7.11 Å². The van der Waals surface area contributed by atoms with Crippen molar-refractivity contribution in [3.05, 3.63) is 0 Å². The first-order valence-corrected chi connectivity index (χ1v) is 4.81. The molecular formula is C10H18N2O2. The van der Waals surface area contributed by atoms with Gasteiger partial charge in [-0.2, -0.15) is 5.26 Å². The minimum Gasteiger partial charge on any atom is -0.372 e. The van der Waals surface area contributed by atoms with Gasteiger partial charge in [0.25, 0.3) is 0 Å². The second kappa shape index (κ2) is 5.61. The predicted molar refractivity (Wildman–Crippen MR) is 53.5 cm³/mol. The van der Waals surface area contributed by atoms with Gasteiger partial charge in [-0.25, -0.2) is 0 Å². The van der Waals surface area contributed by atoms with E-state index in [-0.39, 0.29) is 5.91 Å². The molecule has 4 nitrogen and oxygen atoms in total. The van der Waals surface area contributed by atoms with E-state index in [0.29, 0.717) is 12.8 Å². The molecule has 80 valence electrons. The molecule has 0 bridgehead atoms. The number of methoxy groups -OCH3 is 1. The summed E-state index contributed by atoms with van der Waals surface area (Å²) in [5.41, 5.74) is -0.746. The third kappa shape index (κ3) is 3.00. The number of carbonyl (C=O) groups excluding carboxylic acids is 1. The van der Waals surface area contributed by atoms with E-state index in [1.807, 2.05) is 13.8 Å². The largest absolute Gasteiger partial charge is 0.372 e. The molecule has 0 radical (unpaired) electrons. The molecule has 4 heteroatoms. The smallest absolute Gasteiger partial charge is 0.250 e. The number of amides is 1. The van der Waals surface area contributed by atoms with Crippen LogP contribution in [0, 0.1) is 11.3 Å². The molecule has 0 aromatic rings. The Labute approximate surface area is 85.2 Å². The molecule has 0 aliphatic heterocycles. The summed E-state index contributed by atoms with van der Waals surface area (Å²) in [6.07, 6.45) is 0.686. The highest BCUT2D eigenvalue weighted by atomic mass is 16.5. The van der Waals surface area contributed by atoms with Crippen LogP contribution >= 0.6 is 0 Å². The van der Waals surface area contributed by atoms with Gasteiger partial charge in [-0.15, -0.1) is 0 Å². The van der Waals surface area contributed by atoms with E-state index in [4.69, 9.17) is 10.00 Å². The minimum atomic E-state index is -0.746. The molecule has 1 atom stereocenters. The van der Waals surface area contributed by atoms with Crippen molar-refractivity contribution >= 4 is 5.91 Å². The molecule has 0 saturated carbocycles. The minimum absolute atomic E-state index is 0.238. The monoisotopic (exact) mass is 198 g/mol. The Kier molecular flexibility index (Phi) is 5.18. The van der Waals surface area contributed by atoms with E-state index in [1.54, 1.807) is 6.92 Å². The quantitative estimate of drug-likeness (QED) is 0.722. The van der Waals surface area contributed by atoms with Gasteiger partial charge in [0, 0.05) is 7.11 Å². The van der Waals surface area contributed by atoms with Crippen LogP contribution < -0.4 is 5.32 Å². The summed E-state index contributed by atoms with van der Waals surface area (Å²) >= 11 is 0. The van der Waals surface area contributed by atoms with Crippen LogP contribution in [0.1, 0.15) is 33.6 Å². The predicted octanol–water partition coefficient (Wildman–Crippen LogP) is 1.22. The van der Waals surface area contributed by atoms with E-state index in [1.165, 1.54) is 7.11 Å². The Balaban J connectivity index is 4.47. The fourth-order valence-corrected chi connectivity index (χ4v) is 1.06. The molecule has 1 unspecified atom stereocenters. The van der Waals surface area contributed by atoms with Crippen molar-refractivity contribution in [2.24, 2.45) is 0 Å². The fraction of sp³-hybridized carbons (Fsp3) is 0.800. The lowest BCUT2D eigenvalue weighted by Crippen LogP contribution is -2.50. The van der Waals surface area contributed by atoms with Crippen molar-refractivity contribution < 1.29 is 9.53 Å². The van der Waals surface area contributed by atoms with Crippen LogP contribution in [0.4, 0.5) is 0 Å². The maximum atomic E-state index is 11.5. The van der Waals surface area contributed by atoms with E-state index in [9.17, 15) is 4.79 Å². The highest BCUT2D eigenvalue weighted by Crippen LogP contribution is 2.13. The number of nitriles is 1. The van der Waals surface area contributed by atoms with Crippen LogP contribution in [0.5, 0.6) is 0 Å². The third-order valence-electron chi connectivity index (χ3n) is 2.51. The summed E-state index contributed by atoms with van der Waals surface area (Å²) in [4.78, 5) is 11.5. The second-order valence-electron chi connectivity index (χ2n) is 3.27. The van der Waals surface area contributed by atoms with Gasteiger partial charge >= 0.3 is 0 Å². The summed E-state index contributed by atoms with van der Waals surface area (Å²) < 4.78 is 4.87. The van der Waals surface area contributed by atoms with Crippen molar-refractivity contribution in [2.45, 2.75) is 45.3 Å². The molecular weight excluding hydrogens is 180 g/mol. The number of nitrogens with zero attached hydrogens (tertiary/aromatic N) is 1. The Morgan fingerprint density at radius 3 is 2.36 bits per heavy atom. The number of hydrogen-bond acceptors (Lipinski definition) is 3. The Hall–Kier alpha value is -1.08. The van der Waals surface area contributed by atoms with Gasteiger partial charge in [0.05, 0.1) is 6.07 Å². The van der Waals surface area contributed by atoms with Crippen LogP contribution in [0.2, 0.25) is 0 Å². The highest BCUT2D eigenvalue weighted by molar-refractivity contribution is 5.81. The lowest BCUT2D eigenvalue weighted by molar-refractivity contribution is -0.131. The summed E-state index contributed by atoms with van der Waals surface area (Å²) in [6, 6.07) is 2.14. The summed E-state index contributed by atoms with van der Waals surface area (Å²) in [5, 5.41) is 11.7. The molecule has 0 rings (SSSR count). The van der Waals surface area contributed by atoms with Gasteiger partial charge in [-0.1, -0.05) is 13.8 Å².